The molecule has 5 nitrogen and oxygen atoms in total. The first-order valence-corrected chi connectivity index (χ1v) is 5.53. The number of carbonyl (C=O) groups is 1. The van der Waals surface area contributed by atoms with Crippen LogP contribution in [0.4, 0.5) is 5.69 Å². The van der Waals surface area contributed by atoms with Crippen molar-refractivity contribution in [2.24, 2.45) is 0 Å². The van der Waals surface area contributed by atoms with Crippen molar-refractivity contribution in [1.82, 2.24) is 0 Å². The smallest absolute Gasteiger partial charge is 0.331 e. The van der Waals surface area contributed by atoms with Gasteiger partial charge in [-0.2, -0.15) is 0 Å². The fourth-order valence-corrected chi connectivity index (χ4v) is 1.61. The Labute approximate surface area is 105 Å². The van der Waals surface area contributed by atoms with E-state index in [0.29, 0.717) is 11.1 Å². The highest BCUT2D eigenvalue weighted by molar-refractivity contribution is 5.91. The van der Waals surface area contributed by atoms with Crippen LogP contribution in [0.3, 0.4) is 0 Å². The van der Waals surface area contributed by atoms with Gasteiger partial charge in [0.2, 0.25) is 0 Å². The van der Waals surface area contributed by atoms with E-state index in [1.54, 1.807) is 12.1 Å². The van der Waals surface area contributed by atoms with E-state index in [2.05, 4.69) is 0 Å². The molecule has 0 aliphatic rings. The maximum atomic E-state index is 11.0. The van der Waals surface area contributed by atoms with Gasteiger partial charge in [-0.25, -0.2) is 4.79 Å². The fraction of sp³-hybridized carbons (Fsp3) is 0.308. The molecule has 1 aromatic carbocycles. The third-order valence-corrected chi connectivity index (χ3v) is 2.59. The molecule has 0 bridgehead atoms. The van der Waals surface area contributed by atoms with Crippen LogP contribution in [0.15, 0.2) is 23.8 Å². The van der Waals surface area contributed by atoms with Gasteiger partial charge in [-0.15, -0.1) is 0 Å². The molecule has 0 aliphatic heterocycles. The molecule has 1 N–H and O–H groups in total. The van der Waals surface area contributed by atoms with Crippen molar-refractivity contribution in [2.45, 2.75) is 26.7 Å². The van der Waals surface area contributed by atoms with E-state index in [1.807, 2.05) is 13.8 Å². The van der Waals surface area contributed by atoms with Gasteiger partial charge in [-0.05, 0) is 24.5 Å². The number of hydrogen-bond donors (Lipinski definition) is 1. The van der Waals surface area contributed by atoms with Crippen molar-refractivity contribution < 1.29 is 14.8 Å². The predicted molar refractivity (Wildman–Crippen MR) is 68.5 cm³/mol. The Hall–Kier alpha value is -2.17. The van der Waals surface area contributed by atoms with Crippen molar-refractivity contribution in [1.29, 1.82) is 0 Å². The van der Waals surface area contributed by atoms with E-state index >= 15 is 0 Å². The van der Waals surface area contributed by atoms with Gasteiger partial charge >= 0.3 is 5.97 Å². The minimum atomic E-state index is -1.04. The summed E-state index contributed by atoms with van der Waals surface area (Å²) in [6.45, 7) is 5.20. The summed E-state index contributed by atoms with van der Waals surface area (Å²) in [5, 5.41) is 19.7. The highest BCUT2D eigenvalue weighted by Gasteiger charge is 2.16. The monoisotopic (exact) mass is 249 g/mol. The first-order valence-electron chi connectivity index (χ1n) is 5.53. The molecule has 0 unspecified atom stereocenters. The average molecular weight is 249 g/mol. The Morgan fingerprint density at radius 2 is 2.06 bits per heavy atom. The van der Waals surface area contributed by atoms with Crippen LogP contribution in [-0.4, -0.2) is 16.0 Å². The molecule has 0 fully saturated rings. The summed E-state index contributed by atoms with van der Waals surface area (Å²) < 4.78 is 0. The standard InChI is InChI=1S/C13H15NO4/c1-8(2)11-5-4-10(6-9(3)13(15)16)7-12(11)14(17)18/h4-8H,1-3H3,(H,15,16). The second kappa shape index (κ2) is 5.44. The Kier molecular flexibility index (Phi) is 4.20. The summed E-state index contributed by atoms with van der Waals surface area (Å²) in [6.07, 6.45) is 1.42. The number of carboxylic acid groups (broad SMARTS) is 1. The Morgan fingerprint density at radius 3 is 2.50 bits per heavy atom. The Balaban J connectivity index is 3.28. The van der Waals surface area contributed by atoms with E-state index in [4.69, 9.17) is 5.11 Å². The summed E-state index contributed by atoms with van der Waals surface area (Å²) in [5.41, 5.74) is 1.33. The molecule has 1 rings (SSSR count). The molecule has 1 aromatic rings. The largest absolute Gasteiger partial charge is 0.478 e. The first kappa shape index (κ1) is 13.9. The van der Waals surface area contributed by atoms with Crippen LogP contribution < -0.4 is 0 Å². The van der Waals surface area contributed by atoms with Gasteiger partial charge in [0.1, 0.15) is 0 Å². The Bertz CT molecular complexity index is 518. The lowest BCUT2D eigenvalue weighted by Crippen LogP contribution is -1.99. The molecule has 0 radical (unpaired) electrons. The van der Waals surface area contributed by atoms with Crippen molar-refractivity contribution >= 4 is 17.7 Å². The molecule has 0 amide bonds. The van der Waals surface area contributed by atoms with Crippen LogP contribution >= 0.6 is 0 Å². The molecule has 0 atom stereocenters. The van der Waals surface area contributed by atoms with Crippen LogP contribution in [-0.2, 0) is 4.79 Å². The molecule has 0 saturated heterocycles. The zero-order valence-electron chi connectivity index (χ0n) is 10.5. The van der Waals surface area contributed by atoms with E-state index in [0.717, 1.165) is 0 Å². The van der Waals surface area contributed by atoms with Crippen LogP contribution in [0.25, 0.3) is 6.08 Å². The number of hydrogen-bond acceptors (Lipinski definition) is 3. The van der Waals surface area contributed by atoms with Gasteiger partial charge in [0.05, 0.1) is 4.92 Å². The molecular weight excluding hydrogens is 234 g/mol. The van der Waals surface area contributed by atoms with Crippen molar-refractivity contribution in [3.05, 3.63) is 45.0 Å². The number of benzene rings is 1. The van der Waals surface area contributed by atoms with Crippen LogP contribution in [0.1, 0.15) is 37.8 Å². The van der Waals surface area contributed by atoms with Gasteiger partial charge in [0.25, 0.3) is 5.69 Å². The highest BCUT2D eigenvalue weighted by Crippen LogP contribution is 2.28. The zero-order valence-corrected chi connectivity index (χ0v) is 10.5. The van der Waals surface area contributed by atoms with Crippen LogP contribution in [0.5, 0.6) is 0 Å². The van der Waals surface area contributed by atoms with Crippen LogP contribution in [0, 0.1) is 10.1 Å². The molecule has 18 heavy (non-hydrogen) atoms. The summed E-state index contributed by atoms with van der Waals surface area (Å²) in [6, 6.07) is 4.76. The number of carboxylic acids is 1. The summed E-state index contributed by atoms with van der Waals surface area (Å²) >= 11 is 0. The predicted octanol–water partition coefficient (Wildman–Crippen LogP) is 3.21. The van der Waals surface area contributed by atoms with E-state index in [-0.39, 0.29) is 17.2 Å². The molecular formula is C13H15NO4. The van der Waals surface area contributed by atoms with Crippen molar-refractivity contribution in [2.75, 3.05) is 0 Å². The number of aliphatic carboxylic acids is 1. The molecule has 0 aromatic heterocycles. The van der Waals surface area contributed by atoms with Crippen molar-refractivity contribution in [3.63, 3.8) is 0 Å². The third kappa shape index (κ3) is 3.16. The van der Waals surface area contributed by atoms with Gasteiger partial charge in [0.15, 0.2) is 0 Å². The highest BCUT2D eigenvalue weighted by atomic mass is 16.6. The van der Waals surface area contributed by atoms with Gasteiger partial charge < -0.3 is 5.11 Å². The molecule has 5 heteroatoms. The first-order chi connectivity index (χ1) is 8.32. The molecule has 0 heterocycles. The van der Waals surface area contributed by atoms with Gasteiger partial charge in [0, 0.05) is 17.2 Å². The van der Waals surface area contributed by atoms with Crippen molar-refractivity contribution in [3.8, 4) is 0 Å². The topological polar surface area (TPSA) is 80.4 Å². The Morgan fingerprint density at radius 1 is 1.44 bits per heavy atom. The summed E-state index contributed by atoms with van der Waals surface area (Å²) in [4.78, 5) is 21.2. The lowest BCUT2D eigenvalue weighted by molar-refractivity contribution is -0.385. The SMILES string of the molecule is CC(=Cc1ccc(C(C)C)c([N+](=O)[O-])c1)C(=O)O. The quantitative estimate of drug-likeness (QED) is 0.504. The lowest BCUT2D eigenvalue weighted by Gasteiger charge is -2.07. The van der Waals surface area contributed by atoms with E-state index in [9.17, 15) is 14.9 Å². The second-order valence-electron chi connectivity index (χ2n) is 4.36. The van der Waals surface area contributed by atoms with E-state index in [1.165, 1.54) is 19.1 Å². The minimum Gasteiger partial charge on any atom is -0.478 e. The lowest BCUT2D eigenvalue weighted by atomic mass is 9.98. The molecule has 0 spiro atoms. The number of nitro benzene ring substituents is 1. The van der Waals surface area contributed by atoms with Gasteiger partial charge in [-0.1, -0.05) is 26.0 Å². The third-order valence-electron chi connectivity index (χ3n) is 2.59. The fourth-order valence-electron chi connectivity index (χ4n) is 1.61. The number of nitrogens with zero attached hydrogens (tertiary/aromatic N) is 1. The average Bonchev–Trinajstić information content (AvgIpc) is 2.28. The summed E-state index contributed by atoms with van der Waals surface area (Å²) in [7, 11) is 0. The molecule has 0 saturated carbocycles. The zero-order chi connectivity index (χ0) is 13.9. The van der Waals surface area contributed by atoms with Gasteiger partial charge in [-0.3, -0.25) is 10.1 Å². The maximum Gasteiger partial charge on any atom is 0.331 e. The molecule has 96 valence electrons. The van der Waals surface area contributed by atoms with Crippen LogP contribution in [0.2, 0.25) is 0 Å². The molecule has 0 aliphatic carbocycles. The minimum absolute atomic E-state index is 0.0249. The number of rotatable bonds is 4. The second-order valence-corrected chi connectivity index (χ2v) is 4.36. The summed E-state index contributed by atoms with van der Waals surface area (Å²) in [5.74, 6) is -0.991. The normalized spacial score (nSPS) is 11.7. The van der Waals surface area contributed by atoms with E-state index < -0.39 is 10.9 Å². The maximum absolute atomic E-state index is 11.0. The number of nitro groups is 1.